The van der Waals surface area contributed by atoms with Crippen LogP contribution in [0.1, 0.15) is 36.0 Å². The number of hydrogen-bond acceptors (Lipinski definition) is 6. The molecule has 27 heavy (non-hydrogen) atoms. The number of carbonyl (C=O) groups is 1. The van der Waals surface area contributed by atoms with E-state index in [0.717, 1.165) is 16.5 Å². The Labute approximate surface area is 165 Å². The maximum Gasteiger partial charge on any atom is 0.248 e. The average molecular weight is 393 g/mol. The van der Waals surface area contributed by atoms with E-state index in [2.05, 4.69) is 24.9 Å². The van der Waals surface area contributed by atoms with Crippen LogP contribution >= 0.6 is 11.3 Å². The van der Waals surface area contributed by atoms with Gasteiger partial charge < -0.3 is 19.1 Å². The van der Waals surface area contributed by atoms with Gasteiger partial charge in [0.25, 0.3) is 0 Å². The summed E-state index contributed by atoms with van der Waals surface area (Å²) >= 11 is 1.54. The van der Waals surface area contributed by atoms with Crippen molar-refractivity contribution in [2.45, 2.75) is 32.9 Å². The topological polar surface area (TPSA) is 60.9 Å². The number of ether oxygens (including phenoxy) is 3. The van der Waals surface area contributed by atoms with E-state index < -0.39 is 0 Å². The average Bonchev–Trinajstić information content (AvgIpc) is 3.11. The summed E-state index contributed by atoms with van der Waals surface area (Å²) in [5.41, 5.74) is 2.03. The van der Waals surface area contributed by atoms with E-state index in [9.17, 15) is 4.79 Å². The third-order valence-electron chi connectivity index (χ3n) is 4.03. The molecule has 7 heteroatoms. The molecule has 0 aliphatic rings. The number of carbonyl (C=O) groups excluding carboxylic acids is 1. The van der Waals surface area contributed by atoms with Crippen LogP contribution in [-0.2, 0) is 27.4 Å². The minimum Gasteiger partial charge on any atom is -0.486 e. The van der Waals surface area contributed by atoms with Gasteiger partial charge in [-0.25, -0.2) is 4.98 Å². The van der Waals surface area contributed by atoms with Crippen LogP contribution in [0.5, 0.6) is 5.75 Å². The minimum absolute atomic E-state index is 0.0514. The Bertz CT molecular complexity index is 718. The lowest BCUT2D eigenvalue weighted by Gasteiger charge is -2.21. The minimum atomic E-state index is -0.0776. The van der Waals surface area contributed by atoms with Crippen LogP contribution in [0.2, 0.25) is 0 Å². The molecule has 2 aromatic rings. The quantitative estimate of drug-likeness (QED) is 0.586. The maximum absolute atomic E-state index is 12.2. The number of para-hydroxylation sites is 1. The highest BCUT2D eigenvalue weighted by atomic mass is 32.1. The molecule has 6 nitrogen and oxygen atoms in total. The Balaban J connectivity index is 1.98. The molecule has 0 aliphatic heterocycles. The summed E-state index contributed by atoms with van der Waals surface area (Å²) in [7, 11) is 3.13. The van der Waals surface area contributed by atoms with Gasteiger partial charge in [-0.3, -0.25) is 4.79 Å². The highest BCUT2D eigenvalue weighted by Crippen LogP contribution is 2.27. The second-order valence-corrected chi connectivity index (χ2v) is 7.40. The summed E-state index contributed by atoms with van der Waals surface area (Å²) in [5.74, 6) is 1.21. The molecule has 0 spiro atoms. The Morgan fingerprint density at radius 1 is 1.22 bits per heavy atom. The van der Waals surface area contributed by atoms with Crippen molar-refractivity contribution in [1.29, 1.82) is 0 Å². The first-order valence-electron chi connectivity index (χ1n) is 8.95. The molecule has 0 saturated carbocycles. The van der Waals surface area contributed by atoms with Crippen molar-refractivity contribution in [3.8, 4) is 5.75 Å². The van der Waals surface area contributed by atoms with E-state index in [1.165, 1.54) is 24.0 Å². The van der Waals surface area contributed by atoms with Gasteiger partial charge in [0.2, 0.25) is 5.91 Å². The van der Waals surface area contributed by atoms with E-state index >= 15 is 0 Å². The third kappa shape index (κ3) is 6.61. The lowest BCUT2D eigenvalue weighted by molar-refractivity contribution is -0.136. The molecule has 1 aromatic carbocycles. The number of thiazole rings is 1. The van der Waals surface area contributed by atoms with Crippen LogP contribution < -0.4 is 4.74 Å². The highest BCUT2D eigenvalue weighted by molar-refractivity contribution is 7.09. The zero-order chi connectivity index (χ0) is 19.6. The molecule has 0 bridgehead atoms. The number of hydrogen-bond donors (Lipinski definition) is 0. The van der Waals surface area contributed by atoms with Crippen LogP contribution in [0.4, 0.5) is 0 Å². The molecule has 0 radical (unpaired) electrons. The second-order valence-electron chi connectivity index (χ2n) is 6.45. The van der Waals surface area contributed by atoms with Crippen molar-refractivity contribution in [2.24, 2.45) is 0 Å². The maximum atomic E-state index is 12.2. The predicted molar refractivity (Wildman–Crippen MR) is 106 cm³/mol. The summed E-state index contributed by atoms with van der Waals surface area (Å²) in [6.07, 6.45) is 0. The molecule has 0 saturated heterocycles. The molecule has 0 fully saturated rings. The predicted octanol–water partition coefficient (Wildman–Crippen LogP) is 3.47. The fourth-order valence-electron chi connectivity index (χ4n) is 2.62. The monoisotopic (exact) mass is 392 g/mol. The first-order chi connectivity index (χ1) is 13.0. The van der Waals surface area contributed by atoms with Crippen molar-refractivity contribution in [3.05, 3.63) is 45.9 Å². The van der Waals surface area contributed by atoms with Gasteiger partial charge in [0.15, 0.2) is 0 Å². The van der Waals surface area contributed by atoms with E-state index in [-0.39, 0.29) is 12.5 Å². The van der Waals surface area contributed by atoms with Gasteiger partial charge in [-0.15, -0.1) is 11.3 Å². The first kappa shape index (κ1) is 21.3. The van der Waals surface area contributed by atoms with Crippen molar-refractivity contribution >= 4 is 17.2 Å². The van der Waals surface area contributed by atoms with Crippen molar-refractivity contribution in [1.82, 2.24) is 9.88 Å². The molecular formula is C20H28N2O4S. The van der Waals surface area contributed by atoms with Crippen molar-refractivity contribution in [2.75, 3.05) is 34.0 Å². The molecule has 2 rings (SSSR count). The normalized spacial score (nSPS) is 11.0. The van der Waals surface area contributed by atoms with Gasteiger partial charge in [0.05, 0.1) is 18.8 Å². The largest absolute Gasteiger partial charge is 0.486 e. The number of benzene rings is 1. The zero-order valence-corrected chi connectivity index (χ0v) is 17.3. The molecule has 0 aliphatic carbocycles. The number of methoxy groups -OCH3 is 2. The molecular weight excluding hydrogens is 364 g/mol. The van der Waals surface area contributed by atoms with Crippen LogP contribution in [-0.4, -0.2) is 49.8 Å². The Morgan fingerprint density at radius 3 is 2.70 bits per heavy atom. The van der Waals surface area contributed by atoms with E-state index in [4.69, 9.17) is 14.2 Å². The molecule has 0 N–H and O–H groups in total. The molecule has 1 heterocycles. The van der Waals surface area contributed by atoms with Gasteiger partial charge in [0, 0.05) is 26.1 Å². The standard InChI is InChI=1S/C20H28N2O4S/c1-15(2)17-7-5-6-8-18(17)26-12-19-21-16(14-27-19)11-22(9-10-24-3)20(23)13-25-4/h5-8,14-15H,9-13H2,1-4H3. The summed E-state index contributed by atoms with van der Waals surface area (Å²) in [6, 6.07) is 8.07. The molecule has 1 amide bonds. The van der Waals surface area contributed by atoms with Gasteiger partial charge in [-0.1, -0.05) is 32.0 Å². The summed E-state index contributed by atoms with van der Waals surface area (Å²) < 4.78 is 16.0. The fraction of sp³-hybridized carbons (Fsp3) is 0.500. The highest BCUT2D eigenvalue weighted by Gasteiger charge is 2.16. The zero-order valence-electron chi connectivity index (χ0n) is 16.4. The van der Waals surface area contributed by atoms with Crippen LogP contribution in [0.15, 0.2) is 29.6 Å². The smallest absolute Gasteiger partial charge is 0.248 e. The molecule has 1 aromatic heterocycles. The molecule has 0 atom stereocenters. The Morgan fingerprint density at radius 2 is 2.00 bits per heavy atom. The lowest BCUT2D eigenvalue weighted by atomic mass is 10.0. The van der Waals surface area contributed by atoms with Crippen LogP contribution in [0.3, 0.4) is 0 Å². The van der Waals surface area contributed by atoms with Gasteiger partial charge in [0.1, 0.15) is 24.0 Å². The van der Waals surface area contributed by atoms with Gasteiger partial charge in [-0.05, 0) is 17.5 Å². The van der Waals surface area contributed by atoms with E-state index in [1.807, 2.05) is 23.6 Å². The van der Waals surface area contributed by atoms with Gasteiger partial charge in [-0.2, -0.15) is 0 Å². The first-order valence-corrected chi connectivity index (χ1v) is 9.83. The van der Waals surface area contributed by atoms with E-state index in [0.29, 0.717) is 32.2 Å². The summed E-state index contributed by atoms with van der Waals surface area (Å²) in [6.45, 7) is 6.18. The number of aromatic nitrogens is 1. The second kappa shape index (κ2) is 11.0. The Hall–Kier alpha value is -1.96. The van der Waals surface area contributed by atoms with E-state index in [1.54, 1.807) is 12.0 Å². The van der Waals surface area contributed by atoms with Crippen LogP contribution in [0.25, 0.3) is 0 Å². The van der Waals surface area contributed by atoms with Crippen molar-refractivity contribution < 1.29 is 19.0 Å². The fourth-order valence-corrected chi connectivity index (χ4v) is 3.32. The number of rotatable bonds is 11. The number of nitrogens with zero attached hydrogens (tertiary/aromatic N) is 2. The summed E-state index contributed by atoms with van der Waals surface area (Å²) in [4.78, 5) is 18.5. The molecule has 148 valence electrons. The number of amides is 1. The third-order valence-corrected chi connectivity index (χ3v) is 4.90. The molecule has 0 unspecified atom stereocenters. The lowest BCUT2D eigenvalue weighted by Crippen LogP contribution is -2.36. The Kier molecular flexibility index (Phi) is 8.71. The van der Waals surface area contributed by atoms with Gasteiger partial charge >= 0.3 is 0 Å². The van der Waals surface area contributed by atoms with Crippen LogP contribution in [0, 0.1) is 0 Å². The SMILES string of the molecule is COCCN(Cc1csc(COc2ccccc2C(C)C)n1)C(=O)COC. The summed E-state index contributed by atoms with van der Waals surface area (Å²) in [5, 5.41) is 2.85. The van der Waals surface area contributed by atoms with Crippen molar-refractivity contribution in [3.63, 3.8) is 0 Å².